The van der Waals surface area contributed by atoms with Crippen LogP contribution in [0, 0.1) is 0 Å². The first-order valence-corrected chi connectivity index (χ1v) is 5.40. The van der Waals surface area contributed by atoms with Crippen molar-refractivity contribution in [3.05, 3.63) is 12.2 Å². The fraction of sp³-hybridized carbons (Fsp3) is 0.727. The van der Waals surface area contributed by atoms with Crippen LogP contribution in [0.3, 0.4) is 0 Å². The summed E-state index contributed by atoms with van der Waals surface area (Å²) in [6.45, 7) is 9.39. The lowest BCUT2D eigenvalue weighted by molar-refractivity contribution is -0.114. The van der Waals surface area contributed by atoms with Crippen molar-refractivity contribution in [2.75, 3.05) is 26.3 Å². The van der Waals surface area contributed by atoms with E-state index in [0.717, 1.165) is 32.7 Å². The van der Waals surface area contributed by atoms with Gasteiger partial charge in [0.1, 0.15) is 0 Å². The van der Waals surface area contributed by atoms with Gasteiger partial charge in [-0.15, -0.1) is 0 Å². The Hall–Kier alpha value is -0.870. The van der Waals surface area contributed by atoms with Gasteiger partial charge in [-0.25, -0.2) is 0 Å². The molecule has 1 rings (SSSR count). The molecule has 1 atom stereocenters. The fourth-order valence-corrected chi connectivity index (χ4v) is 1.71. The first-order chi connectivity index (χ1) is 7.11. The molecular formula is C11H20N2O2. The Bertz CT molecular complexity index is 235. The van der Waals surface area contributed by atoms with Gasteiger partial charge in [0.05, 0.1) is 13.2 Å². The van der Waals surface area contributed by atoms with E-state index in [1.807, 2.05) is 0 Å². The van der Waals surface area contributed by atoms with Gasteiger partial charge in [0, 0.05) is 24.7 Å². The normalized spacial score (nSPS) is 19.8. The van der Waals surface area contributed by atoms with E-state index in [1.54, 1.807) is 0 Å². The van der Waals surface area contributed by atoms with Crippen LogP contribution >= 0.6 is 0 Å². The smallest absolute Gasteiger partial charge is 0.244 e. The molecule has 0 bridgehead atoms. The van der Waals surface area contributed by atoms with E-state index in [2.05, 4.69) is 18.4 Å². The van der Waals surface area contributed by atoms with Crippen molar-refractivity contribution >= 4 is 5.91 Å². The van der Waals surface area contributed by atoms with Gasteiger partial charge in [-0.1, -0.05) is 6.58 Å². The van der Waals surface area contributed by atoms with Gasteiger partial charge in [-0.05, 0) is 19.8 Å². The maximum atomic E-state index is 10.8. The highest BCUT2D eigenvalue weighted by molar-refractivity contribution is 5.91. The van der Waals surface area contributed by atoms with E-state index < -0.39 is 0 Å². The molecule has 1 fully saturated rings. The first kappa shape index (κ1) is 12.2. The number of amides is 1. The van der Waals surface area contributed by atoms with Gasteiger partial charge in [0.25, 0.3) is 0 Å². The predicted molar refractivity (Wildman–Crippen MR) is 59.4 cm³/mol. The molecule has 0 saturated carbocycles. The van der Waals surface area contributed by atoms with E-state index in [9.17, 15) is 4.79 Å². The van der Waals surface area contributed by atoms with Gasteiger partial charge >= 0.3 is 0 Å². The maximum Gasteiger partial charge on any atom is 0.244 e. The molecule has 0 radical (unpaired) electrons. The second kappa shape index (κ2) is 5.88. The molecule has 0 aliphatic carbocycles. The molecule has 0 aromatic heterocycles. The number of carbonyl (C=O) groups is 1. The van der Waals surface area contributed by atoms with E-state index in [4.69, 9.17) is 10.5 Å². The molecule has 1 saturated heterocycles. The average Bonchev–Trinajstić information content (AvgIpc) is 2.26. The molecule has 1 aliphatic heterocycles. The van der Waals surface area contributed by atoms with Crippen molar-refractivity contribution in [1.29, 1.82) is 0 Å². The van der Waals surface area contributed by atoms with Crippen molar-refractivity contribution in [2.45, 2.75) is 25.8 Å². The molecule has 0 aromatic rings. The summed E-state index contributed by atoms with van der Waals surface area (Å²) in [6.07, 6.45) is 1.62. The second-order valence-corrected chi connectivity index (χ2v) is 4.00. The largest absolute Gasteiger partial charge is 0.379 e. The molecule has 0 spiro atoms. The number of hydrogen-bond donors (Lipinski definition) is 1. The Morgan fingerprint density at radius 1 is 1.53 bits per heavy atom. The molecule has 2 N–H and O–H groups in total. The summed E-state index contributed by atoms with van der Waals surface area (Å²) >= 11 is 0. The van der Waals surface area contributed by atoms with Gasteiger partial charge in [0.2, 0.25) is 5.91 Å². The summed E-state index contributed by atoms with van der Waals surface area (Å²) in [7, 11) is 0. The van der Waals surface area contributed by atoms with Crippen molar-refractivity contribution in [2.24, 2.45) is 5.73 Å². The zero-order chi connectivity index (χ0) is 11.3. The lowest BCUT2D eigenvalue weighted by Crippen LogP contribution is -2.42. The molecule has 4 heteroatoms. The lowest BCUT2D eigenvalue weighted by Gasteiger charge is -2.32. The topological polar surface area (TPSA) is 55.6 Å². The third-order valence-electron chi connectivity index (χ3n) is 2.88. The summed E-state index contributed by atoms with van der Waals surface area (Å²) in [4.78, 5) is 13.1. The highest BCUT2D eigenvalue weighted by atomic mass is 16.5. The molecular weight excluding hydrogens is 192 g/mol. The third kappa shape index (κ3) is 4.01. The molecule has 1 amide bonds. The second-order valence-electron chi connectivity index (χ2n) is 4.00. The minimum Gasteiger partial charge on any atom is -0.379 e. The van der Waals surface area contributed by atoms with Crippen LogP contribution in [0.15, 0.2) is 12.2 Å². The highest BCUT2D eigenvalue weighted by Gasteiger charge is 2.17. The summed E-state index contributed by atoms with van der Waals surface area (Å²) in [5.41, 5.74) is 5.65. The fourth-order valence-electron chi connectivity index (χ4n) is 1.71. The molecule has 0 aromatic carbocycles. The number of morpholine rings is 1. The Labute approximate surface area is 91.1 Å². The third-order valence-corrected chi connectivity index (χ3v) is 2.88. The molecule has 1 aliphatic rings. The first-order valence-electron chi connectivity index (χ1n) is 5.40. The van der Waals surface area contributed by atoms with Crippen LogP contribution in [-0.4, -0.2) is 43.2 Å². The Kier molecular flexibility index (Phi) is 4.78. The van der Waals surface area contributed by atoms with Gasteiger partial charge in [-0.3, -0.25) is 9.69 Å². The Morgan fingerprint density at radius 3 is 2.67 bits per heavy atom. The van der Waals surface area contributed by atoms with Crippen molar-refractivity contribution in [1.82, 2.24) is 4.90 Å². The lowest BCUT2D eigenvalue weighted by atomic mass is 10.1. The van der Waals surface area contributed by atoms with Gasteiger partial charge in [0.15, 0.2) is 0 Å². The molecule has 1 heterocycles. The summed E-state index contributed by atoms with van der Waals surface area (Å²) < 4.78 is 5.28. The number of nitrogens with zero attached hydrogens (tertiary/aromatic N) is 1. The van der Waals surface area contributed by atoms with E-state index >= 15 is 0 Å². The van der Waals surface area contributed by atoms with E-state index in [1.165, 1.54) is 0 Å². The standard InChI is InChI=1S/C11H20N2O2/c1-9(11(12)14)3-4-10(2)13-5-7-15-8-6-13/h10H,1,3-8H2,2H3,(H2,12,14). The Balaban J connectivity index is 2.25. The quantitative estimate of drug-likeness (QED) is 0.676. The van der Waals surface area contributed by atoms with Crippen LogP contribution in [0.5, 0.6) is 0 Å². The van der Waals surface area contributed by atoms with Crippen LogP contribution in [-0.2, 0) is 9.53 Å². The van der Waals surface area contributed by atoms with Crippen molar-refractivity contribution < 1.29 is 9.53 Å². The molecule has 15 heavy (non-hydrogen) atoms. The number of primary amides is 1. The number of carbonyl (C=O) groups excluding carboxylic acids is 1. The van der Waals surface area contributed by atoms with E-state index in [-0.39, 0.29) is 5.91 Å². The van der Waals surface area contributed by atoms with Crippen LogP contribution in [0.4, 0.5) is 0 Å². The number of nitrogens with two attached hydrogens (primary N) is 1. The number of ether oxygens (including phenoxy) is 1. The number of hydrogen-bond acceptors (Lipinski definition) is 3. The predicted octanol–water partition coefficient (Wildman–Crippen LogP) is 0.529. The molecule has 1 unspecified atom stereocenters. The highest BCUT2D eigenvalue weighted by Crippen LogP contribution is 2.12. The van der Waals surface area contributed by atoms with Crippen LogP contribution in [0.25, 0.3) is 0 Å². The minimum absolute atomic E-state index is 0.385. The zero-order valence-corrected chi connectivity index (χ0v) is 9.37. The summed E-state index contributed by atoms with van der Waals surface area (Å²) in [5, 5.41) is 0. The van der Waals surface area contributed by atoms with Crippen molar-refractivity contribution in [3.8, 4) is 0 Å². The summed E-state index contributed by atoms with van der Waals surface area (Å²) in [5.74, 6) is -0.385. The molecule has 4 nitrogen and oxygen atoms in total. The van der Waals surface area contributed by atoms with Crippen LogP contribution in [0.1, 0.15) is 19.8 Å². The van der Waals surface area contributed by atoms with Gasteiger partial charge in [-0.2, -0.15) is 0 Å². The maximum absolute atomic E-state index is 10.8. The van der Waals surface area contributed by atoms with Crippen LogP contribution in [0.2, 0.25) is 0 Å². The van der Waals surface area contributed by atoms with Gasteiger partial charge < -0.3 is 10.5 Å². The van der Waals surface area contributed by atoms with E-state index in [0.29, 0.717) is 18.0 Å². The monoisotopic (exact) mass is 212 g/mol. The minimum atomic E-state index is -0.385. The molecule has 86 valence electrons. The number of rotatable bonds is 5. The van der Waals surface area contributed by atoms with Crippen molar-refractivity contribution in [3.63, 3.8) is 0 Å². The van der Waals surface area contributed by atoms with Crippen LogP contribution < -0.4 is 5.73 Å². The summed E-state index contributed by atoms with van der Waals surface area (Å²) in [6, 6.07) is 0.463. The Morgan fingerprint density at radius 2 is 2.13 bits per heavy atom. The average molecular weight is 212 g/mol. The zero-order valence-electron chi connectivity index (χ0n) is 9.37. The SMILES string of the molecule is C=C(CCC(C)N1CCOCC1)C(N)=O.